The fourth-order valence-electron chi connectivity index (χ4n) is 1.49. The van der Waals surface area contributed by atoms with Crippen molar-refractivity contribution in [2.45, 2.75) is 39.7 Å². The molecule has 0 aromatic heterocycles. The van der Waals surface area contributed by atoms with Crippen LogP contribution in [0.5, 0.6) is 0 Å². The number of carbonyl (C=O) groups excluding carboxylic acids is 1. The topological polar surface area (TPSA) is 38.3 Å². The van der Waals surface area contributed by atoms with Crippen molar-refractivity contribution in [2.24, 2.45) is 0 Å². The normalized spacial score (nSPS) is 11.1. The molecule has 1 amide bonds. The molecule has 1 aromatic carbocycles. The van der Waals surface area contributed by atoms with Gasteiger partial charge in [-0.2, -0.15) is 0 Å². The molecule has 0 heterocycles. The minimum atomic E-state index is -0.437. The summed E-state index contributed by atoms with van der Waals surface area (Å²) in [7, 11) is 0. The summed E-state index contributed by atoms with van der Waals surface area (Å²) in [5.74, 6) is 0. The number of nitrogens with one attached hydrogen (secondary N) is 1. The largest absolute Gasteiger partial charge is 0.444 e. The summed E-state index contributed by atoms with van der Waals surface area (Å²) in [5.41, 5.74) is 2.02. The molecule has 1 aromatic rings. The fraction of sp³-hybridized carbons (Fsp3) is 0.500. The predicted octanol–water partition coefficient (Wildman–Crippen LogP) is 3.06. The second-order valence-electron chi connectivity index (χ2n) is 5.17. The first-order valence-electron chi connectivity index (χ1n) is 5.89. The van der Waals surface area contributed by atoms with E-state index in [9.17, 15) is 4.79 Å². The highest BCUT2D eigenvalue weighted by Crippen LogP contribution is 2.07. The van der Waals surface area contributed by atoms with Crippen LogP contribution in [0.4, 0.5) is 4.79 Å². The Labute approximate surface area is 103 Å². The van der Waals surface area contributed by atoms with Crippen molar-refractivity contribution in [1.82, 2.24) is 5.32 Å². The standard InChI is InChI=1S/C14H21NO2/c1-11-6-5-7-12(10-11)8-9-15-13(16)17-14(2,3)4/h5-7,10H,8-9H2,1-4H3,(H,15,16). The van der Waals surface area contributed by atoms with Crippen molar-refractivity contribution >= 4 is 6.09 Å². The van der Waals surface area contributed by atoms with Gasteiger partial charge in [-0.25, -0.2) is 4.79 Å². The van der Waals surface area contributed by atoms with Crippen molar-refractivity contribution in [3.63, 3.8) is 0 Å². The molecule has 0 bridgehead atoms. The Balaban J connectivity index is 2.31. The summed E-state index contributed by atoms with van der Waals surface area (Å²) in [4.78, 5) is 11.4. The van der Waals surface area contributed by atoms with Gasteiger partial charge in [0.1, 0.15) is 5.60 Å². The number of hydrogen-bond donors (Lipinski definition) is 1. The van der Waals surface area contributed by atoms with Gasteiger partial charge in [0.15, 0.2) is 0 Å². The molecule has 0 saturated heterocycles. The van der Waals surface area contributed by atoms with Gasteiger partial charge in [0, 0.05) is 6.54 Å². The molecule has 0 atom stereocenters. The molecule has 0 aliphatic heterocycles. The van der Waals surface area contributed by atoms with E-state index in [4.69, 9.17) is 4.74 Å². The van der Waals surface area contributed by atoms with Crippen LogP contribution in [-0.4, -0.2) is 18.2 Å². The van der Waals surface area contributed by atoms with Gasteiger partial charge in [-0.15, -0.1) is 0 Å². The third kappa shape index (κ3) is 5.95. The third-order valence-electron chi connectivity index (χ3n) is 2.16. The number of hydrogen-bond acceptors (Lipinski definition) is 2. The lowest BCUT2D eigenvalue weighted by atomic mass is 10.1. The summed E-state index contributed by atoms with van der Waals surface area (Å²) >= 11 is 0. The fourth-order valence-corrected chi connectivity index (χ4v) is 1.49. The molecule has 94 valence electrons. The molecule has 0 radical (unpaired) electrons. The predicted molar refractivity (Wildman–Crippen MR) is 69.1 cm³/mol. The van der Waals surface area contributed by atoms with Crippen LogP contribution in [-0.2, 0) is 11.2 Å². The Morgan fingerprint density at radius 3 is 2.65 bits per heavy atom. The summed E-state index contributed by atoms with van der Waals surface area (Å²) in [6.45, 7) is 8.22. The van der Waals surface area contributed by atoms with Crippen molar-refractivity contribution in [3.8, 4) is 0 Å². The maximum atomic E-state index is 11.4. The van der Waals surface area contributed by atoms with E-state index in [0.717, 1.165) is 6.42 Å². The zero-order valence-corrected chi connectivity index (χ0v) is 11.0. The number of ether oxygens (including phenoxy) is 1. The number of rotatable bonds is 3. The molecule has 0 aliphatic carbocycles. The lowest BCUT2D eigenvalue weighted by molar-refractivity contribution is 0.0528. The Bertz CT molecular complexity index is 380. The lowest BCUT2D eigenvalue weighted by Gasteiger charge is -2.19. The van der Waals surface area contributed by atoms with Crippen LogP contribution >= 0.6 is 0 Å². The van der Waals surface area contributed by atoms with Crippen LogP contribution < -0.4 is 5.32 Å². The minimum Gasteiger partial charge on any atom is -0.444 e. The Kier molecular flexibility index (Phi) is 4.55. The van der Waals surface area contributed by atoms with Crippen molar-refractivity contribution in [1.29, 1.82) is 0 Å². The van der Waals surface area contributed by atoms with E-state index in [2.05, 4.69) is 30.4 Å². The molecular formula is C14H21NO2. The quantitative estimate of drug-likeness (QED) is 0.874. The molecule has 3 nitrogen and oxygen atoms in total. The molecular weight excluding hydrogens is 214 g/mol. The highest BCUT2D eigenvalue weighted by atomic mass is 16.6. The first kappa shape index (κ1) is 13.6. The molecule has 0 unspecified atom stereocenters. The van der Waals surface area contributed by atoms with E-state index in [-0.39, 0.29) is 6.09 Å². The zero-order valence-electron chi connectivity index (χ0n) is 11.0. The smallest absolute Gasteiger partial charge is 0.407 e. The van der Waals surface area contributed by atoms with Gasteiger partial charge >= 0.3 is 6.09 Å². The minimum absolute atomic E-state index is 0.356. The SMILES string of the molecule is Cc1cccc(CCNC(=O)OC(C)(C)C)c1. The van der Waals surface area contributed by atoms with E-state index in [1.165, 1.54) is 11.1 Å². The number of carbonyl (C=O) groups is 1. The Hall–Kier alpha value is -1.51. The molecule has 0 fully saturated rings. The highest BCUT2D eigenvalue weighted by molar-refractivity contribution is 5.67. The summed E-state index contributed by atoms with van der Waals surface area (Å²) < 4.78 is 5.15. The van der Waals surface area contributed by atoms with Gasteiger partial charge in [0.2, 0.25) is 0 Å². The summed E-state index contributed by atoms with van der Waals surface area (Å²) in [5, 5.41) is 2.75. The van der Waals surface area contributed by atoms with Gasteiger partial charge in [-0.3, -0.25) is 0 Å². The first-order valence-corrected chi connectivity index (χ1v) is 5.89. The molecule has 3 heteroatoms. The molecule has 0 saturated carbocycles. The summed E-state index contributed by atoms with van der Waals surface area (Å²) in [6.07, 6.45) is 0.464. The number of alkyl carbamates (subject to hydrolysis) is 1. The molecule has 17 heavy (non-hydrogen) atoms. The Morgan fingerprint density at radius 2 is 2.06 bits per heavy atom. The van der Waals surface area contributed by atoms with Crippen molar-refractivity contribution < 1.29 is 9.53 Å². The average Bonchev–Trinajstić information content (AvgIpc) is 2.14. The van der Waals surface area contributed by atoms with Crippen LogP contribution in [0.3, 0.4) is 0 Å². The first-order chi connectivity index (χ1) is 7.87. The average molecular weight is 235 g/mol. The van der Waals surface area contributed by atoms with Crippen LogP contribution in [0.15, 0.2) is 24.3 Å². The molecule has 0 spiro atoms. The second kappa shape index (κ2) is 5.71. The van der Waals surface area contributed by atoms with E-state index in [0.29, 0.717) is 6.54 Å². The zero-order chi connectivity index (χ0) is 12.9. The Morgan fingerprint density at radius 1 is 1.35 bits per heavy atom. The number of amides is 1. The van der Waals surface area contributed by atoms with Gasteiger partial charge in [0.05, 0.1) is 0 Å². The summed E-state index contributed by atoms with van der Waals surface area (Å²) in [6, 6.07) is 8.27. The van der Waals surface area contributed by atoms with Crippen LogP contribution in [0.25, 0.3) is 0 Å². The maximum Gasteiger partial charge on any atom is 0.407 e. The van der Waals surface area contributed by atoms with Crippen molar-refractivity contribution in [2.75, 3.05) is 6.54 Å². The van der Waals surface area contributed by atoms with Gasteiger partial charge in [0.25, 0.3) is 0 Å². The van der Waals surface area contributed by atoms with Gasteiger partial charge < -0.3 is 10.1 Å². The van der Waals surface area contributed by atoms with Crippen LogP contribution in [0.2, 0.25) is 0 Å². The molecule has 1 N–H and O–H groups in total. The van der Waals surface area contributed by atoms with E-state index < -0.39 is 5.60 Å². The van der Waals surface area contributed by atoms with E-state index in [1.54, 1.807) is 0 Å². The highest BCUT2D eigenvalue weighted by Gasteiger charge is 2.15. The molecule has 0 aliphatic rings. The van der Waals surface area contributed by atoms with Crippen LogP contribution in [0, 0.1) is 6.92 Å². The number of aryl methyl sites for hydroxylation is 1. The van der Waals surface area contributed by atoms with Gasteiger partial charge in [-0.05, 0) is 39.7 Å². The molecule has 1 rings (SSSR count). The lowest BCUT2D eigenvalue weighted by Crippen LogP contribution is -2.33. The third-order valence-corrected chi connectivity index (χ3v) is 2.16. The van der Waals surface area contributed by atoms with Gasteiger partial charge in [-0.1, -0.05) is 29.8 Å². The van der Waals surface area contributed by atoms with Crippen molar-refractivity contribution in [3.05, 3.63) is 35.4 Å². The monoisotopic (exact) mass is 235 g/mol. The number of benzene rings is 1. The van der Waals surface area contributed by atoms with E-state index >= 15 is 0 Å². The second-order valence-corrected chi connectivity index (χ2v) is 5.17. The van der Waals surface area contributed by atoms with Crippen LogP contribution in [0.1, 0.15) is 31.9 Å². The maximum absolute atomic E-state index is 11.4. The van der Waals surface area contributed by atoms with E-state index in [1.807, 2.05) is 26.8 Å².